The highest BCUT2D eigenvalue weighted by Gasteiger charge is 2.60. The second-order valence-electron chi connectivity index (χ2n) is 8.11. The number of ether oxygens (including phenoxy) is 1. The van der Waals surface area contributed by atoms with Crippen LogP contribution >= 0.6 is 27.3 Å². The number of hydrogen-bond donors (Lipinski definition) is 0. The number of hydrogen-bond acceptors (Lipinski definition) is 5. The molecular formula is C18H19BrN2O3S. The summed E-state index contributed by atoms with van der Waals surface area (Å²) in [6.07, 6.45) is 8.13. The first-order valence-electron chi connectivity index (χ1n) is 8.77. The number of nitrogens with zero attached hydrogens (tertiary/aromatic N) is 2. The van der Waals surface area contributed by atoms with Gasteiger partial charge in [0.1, 0.15) is 6.61 Å². The van der Waals surface area contributed by atoms with Crippen LogP contribution in [-0.4, -0.2) is 19.7 Å². The predicted octanol–water partition coefficient (Wildman–Crippen LogP) is 3.53. The zero-order valence-electron chi connectivity index (χ0n) is 13.7. The fourth-order valence-corrected chi connectivity index (χ4v) is 7.83. The summed E-state index contributed by atoms with van der Waals surface area (Å²) in [6.45, 7) is 0.0782. The van der Waals surface area contributed by atoms with Crippen LogP contribution in [0.3, 0.4) is 0 Å². The van der Waals surface area contributed by atoms with Gasteiger partial charge in [-0.1, -0.05) is 15.9 Å². The van der Waals surface area contributed by atoms with Crippen molar-refractivity contribution in [2.24, 2.45) is 17.3 Å². The molecule has 7 heteroatoms. The van der Waals surface area contributed by atoms with Gasteiger partial charge in [-0.05, 0) is 50.4 Å². The van der Waals surface area contributed by atoms with Crippen LogP contribution in [0.1, 0.15) is 44.2 Å². The summed E-state index contributed by atoms with van der Waals surface area (Å²) in [5.74, 6) is 1.18. The number of carbonyl (C=O) groups excluding carboxylic acids is 1. The zero-order valence-corrected chi connectivity index (χ0v) is 16.1. The van der Waals surface area contributed by atoms with Gasteiger partial charge in [-0.3, -0.25) is 14.0 Å². The topological polar surface area (TPSA) is 60.7 Å². The minimum absolute atomic E-state index is 0.0782. The van der Waals surface area contributed by atoms with E-state index in [2.05, 4.69) is 20.9 Å². The van der Waals surface area contributed by atoms with Crippen molar-refractivity contribution < 1.29 is 9.53 Å². The van der Waals surface area contributed by atoms with E-state index < -0.39 is 0 Å². The number of aromatic nitrogens is 2. The summed E-state index contributed by atoms with van der Waals surface area (Å²) >= 11 is 5.33. The predicted molar refractivity (Wildman–Crippen MR) is 97.9 cm³/mol. The Balaban J connectivity index is 1.36. The Morgan fingerprint density at radius 2 is 2.12 bits per heavy atom. The monoisotopic (exact) mass is 422 g/mol. The number of carbonyl (C=O) groups is 1. The molecule has 0 radical (unpaired) electrons. The van der Waals surface area contributed by atoms with Gasteiger partial charge in [0.25, 0.3) is 5.56 Å². The molecule has 4 aliphatic rings. The Kier molecular flexibility index (Phi) is 3.45. The third-order valence-electron chi connectivity index (χ3n) is 6.13. The lowest BCUT2D eigenvalue weighted by Gasteiger charge is -2.58. The van der Waals surface area contributed by atoms with Crippen LogP contribution in [0.5, 0.6) is 0 Å². The third-order valence-corrected chi connectivity index (χ3v) is 7.81. The molecule has 4 saturated carbocycles. The van der Waals surface area contributed by atoms with Crippen molar-refractivity contribution in [1.82, 2.24) is 9.38 Å². The van der Waals surface area contributed by atoms with Gasteiger partial charge < -0.3 is 4.74 Å². The summed E-state index contributed by atoms with van der Waals surface area (Å²) < 4.78 is 7.30. The van der Waals surface area contributed by atoms with E-state index in [4.69, 9.17) is 4.74 Å². The summed E-state index contributed by atoms with van der Waals surface area (Å²) in [7, 11) is 0. The van der Waals surface area contributed by atoms with Gasteiger partial charge in [0, 0.05) is 22.0 Å². The first-order chi connectivity index (χ1) is 11.9. The molecule has 4 fully saturated rings. The fourth-order valence-electron chi connectivity index (χ4n) is 5.64. The largest absolute Gasteiger partial charge is 0.459 e. The quantitative estimate of drug-likeness (QED) is 0.560. The van der Waals surface area contributed by atoms with Gasteiger partial charge in [0.05, 0.1) is 11.1 Å². The van der Waals surface area contributed by atoms with Gasteiger partial charge in [0.2, 0.25) is 0 Å². The number of alkyl halides is 1. The van der Waals surface area contributed by atoms with E-state index >= 15 is 0 Å². The summed E-state index contributed by atoms with van der Waals surface area (Å²) in [4.78, 5) is 30.1. The third kappa shape index (κ3) is 2.58. The highest BCUT2D eigenvalue weighted by Crippen LogP contribution is 2.64. The standard InChI is InChI=1S/C18H19BrN2O3S/c19-18-7-11-3-12(8-18)6-17(5-11,10-18)15(23)24-9-13-4-14(22)21-1-2-25-16(21)20-13/h1-2,4,11-12H,3,5-10H2/t11-,12+,17?,18?. The molecule has 4 bridgehead atoms. The molecule has 2 heterocycles. The molecule has 2 unspecified atom stereocenters. The molecule has 6 rings (SSSR count). The Bertz CT molecular complexity index is 906. The zero-order chi connectivity index (χ0) is 17.2. The molecule has 0 aliphatic heterocycles. The van der Waals surface area contributed by atoms with E-state index in [1.807, 2.05) is 5.38 Å². The Morgan fingerprint density at radius 3 is 2.84 bits per heavy atom. The average Bonchev–Trinajstić information content (AvgIpc) is 2.99. The molecule has 2 aromatic heterocycles. The SMILES string of the molecule is O=C(OCc1cc(=O)n2ccsc2n1)C12C[C@@H]3C[C@@H](CC(Br)(C3)C1)C2. The van der Waals surface area contributed by atoms with Crippen LogP contribution in [0.2, 0.25) is 0 Å². The second kappa shape index (κ2) is 5.39. The molecule has 0 aromatic carbocycles. The van der Waals surface area contributed by atoms with E-state index in [-0.39, 0.29) is 27.9 Å². The van der Waals surface area contributed by atoms with Gasteiger partial charge in [-0.25, -0.2) is 4.98 Å². The Hall–Kier alpha value is -1.21. The lowest BCUT2D eigenvalue weighted by molar-refractivity contribution is -0.171. The molecule has 0 spiro atoms. The van der Waals surface area contributed by atoms with Crippen molar-refractivity contribution in [2.75, 3.05) is 0 Å². The van der Waals surface area contributed by atoms with Gasteiger partial charge in [-0.15, -0.1) is 11.3 Å². The molecule has 5 nitrogen and oxygen atoms in total. The van der Waals surface area contributed by atoms with E-state index in [0.717, 1.165) is 19.3 Å². The van der Waals surface area contributed by atoms with E-state index in [9.17, 15) is 9.59 Å². The van der Waals surface area contributed by atoms with Crippen LogP contribution in [0, 0.1) is 17.3 Å². The molecule has 4 aliphatic carbocycles. The maximum Gasteiger partial charge on any atom is 0.312 e. The lowest BCUT2D eigenvalue weighted by Crippen LogP contribution is -2.56. The molecule has 132 valence electrons. The number of rotatable bonds is 3. The molecule has 2 aromatic rings. The minimum atomic E-state index is -0.338. The minimum Gasteiger partial charge on any atom is -0.459 e. The number of thiazole rings is 1. The second-order valence-corrected chi connectivity index (χ2v) is 10.7. The number of esters is 1. The Morgan fingerprint density at radius 1 is 1.36 bits per heavy atom. The lowest BCUT2D eigenvalue weighted by atomic mass is 9.49. The Labute approximate surface area is 157 Å². The highest BCUT2D eigenvalue weighted by atomic mass is 79.9. The van der Waals surface area contributed by atoms with Crippen LogP contribution in [0.4, 0.5) is 0 Å². The molecule has 0 amide bonds. The molecular weight excluding hydrogens is 404 g/mol. The van der Waals surface area contributed by atoms with Crippen molar-refractivity contribution in [3.63, 3.8) is 0 Å². The average molecular weight is 423 g/mol. The van der Waals surface area contributed by atoms with E-state index in [0.29, 0.717) is 22.5 Å². The summed E-state index contributed by atoms with van der Waals surface area (Å²) in [5.41, 5.74) is 0.0564. The first kappa shape index (κ1) is 16.0. The van der Waals surface area contributed by atoms with Gasteiger partial charge >= 0.3 is 5.97 Å². The van der Waals surface area contributed by atoms with Crippen molar-refractivity contribution in [2.45, 2.75) is 49.5 Å². The van der Waals surface area contributed by atoms with Crippen LogP contribution in [0.15, 0.2) is 22.4 Å². The van der Waals surface area contributed by atoms with Gasteiger partial charge in [-0.2, -0.15) is 0 Å². The van der Waals surface area contributed by atoms with Crippen LogP contribution in [-0.2, 0) is 16.1 Å². The normalized spacial score (nSPS) is 36.0. The van der Waals surface area contributed by atoms with Crippen molar-refractivity contribution in [3.05, 3.63) is 33.7 Å². The maximum absolute atomic E-state index is 13.0. The van der Waals surface area contributed by atoms with Crippen molar-refractivity contribution in [3.8, 4) is 0 Å². The number of fused-ring (bicyclic) bond motifs is 1. The molecule has 25 heavy (non-hydrogen) atoms. The molecule has 4 atom stereocenters. The molecule has 0 saturated heterocycles. The smallest absolute Gasteiger partial charge is 0.312 e. The van der Waals surface area contributed by atoms with Crippen LogP contribution < -0.4 is 5.56 Å². The summed E-state index contributed by atoms with van der Waals surface area (Å²) in [5, 5.41) is 1.82. The maximum atomic E-state index is 13.0. The number of halogens is 1. The summed E-state index contributed by atoms with van der Waals surface area (Å²) in [6, 6.07) is 1.46. The van der Waals surface area contributed by atoms with Crippen molar-refractivity contribution >= 4 is 38.2 Å². The van der Waals surface area contributed by atoms with E-state index in [1.54, 1.807) is 6.20 Å². The fraction of sp³-hybridized carbons (Fsp3) is 0.611. The van der Waals surface area contributed by atoms with Crippen LogP contribution in [0.25, 0.3) is 4.96 Å². The van der Waals surface area contributed by atoms with Gasteiger partial charge in [0.15, 0.2) is 4.96 Å². The van der Waals surface area contributed by atoms with E-state index in [1.165, 1.54) is 41.1 Å². The first-order valence-corrected chi connectivity index (χ1v) is 10.4. The van der Waals surface area contributed by atoms with Crippen molar-refractivity contribution in [1.29, 1.82) is 0 Å². The molecule has 0 N–H and O–H groups in total. The highest BCUT2D eigenvalue weighted by molar-refractivity contribution is 9.10.